The van der Waals surface area contributed by atoms with E-state index in [0.29, 0.717) is 16.5 Å². The van der Waals surface area contributed by atoms with Crippen molar-refractivity contribution in [2.45, 2.75) is 0 Å². The first-order valence-corrected chi connectivity index (χ1v) is 4.23. The molecule has 0 bridgehead atoms. The highest BCUT2D eigenvalue weighted by atomic mass is 16.3. The molecule has 0 aliphatic carbocycles. The van der Waals surface area contributed by atoms with Crippen molar-refractivity contribution in [3.63, 3.8) is 0 Å². The summed E-state index contributed by atoms with van der Waals surface area (Å²) in [5.41, 5.74) is 1.03. The van der Waals surface area contributed by atoms with Gasteiger partial charge in [0.2, 0.25) is 0 Å². The molecule has 3 heteroatoms. The first-order valence-electron chi connectivity index (χ1n) is 4.23. The lowest BCUT2D eigenvalue weighted by Crippen LogP contribution is -1.97. The minimum Gasteiger partial charge on any atom is -0.464 e. The zero-order valence-electron chi connectivity index (χ0n) is 7.65. The van der Waals surface area contributed by atoms with Crippen molar-refractivity contribution >= 4 is 11.0 Å². The molecule has 0 spiro atoms. The second kappa shape index (κ2) is 3.69. The standard InChI is InChI=1S/C12H5NO2/c13-6-1-2-9-3-4-12-10(8-9)11(14)5-7-15-12/h3-5,7-8H. The van der Waals surface area contributed by atoms with Gasteiger partial charge in [0.15, 0.2) is 11.5 Å². The van der Waals surface area contributed by atoms with Gasteiger partial charge in [0, 0.05) is 17.6 Å². The molecule has 0 radical (unpaired) electrons. The number of hydrogen-bond acceptors (Lipinski definition) is 3. The van der Waals surface area contributed by atoms with E-state index in [1.165, 1.54) is 12.3 Å². The van der Waals surface area contributed by atoms with Crippen LogP contribution in [0.4, 0.5) is 0 Å². The maximum Gasteiger partial charge on any atom is 0.192 e. The number of fused-ring (bicyclic) bond motifs is 1. The zero-order valence-corrected chi connectivity index (χ0v) is 7.65. The van der Waals surface area contributed by atoms with E-state index in [2.05, 4.69) is 11.8 Å². The molecule has 0 N–H and O–H groups in total. The fraction of sp³-hybridized carbons (Fsp3) is 0. The molecule has 1 aromatic carbocycles. The Kier molecular flexibility index (Phi) is 2.23. The minimum atomic E-state index is -0.114. The third-order valence-electron chi connectivity index (χ3n) is 1.92. The zero-order chi connectivity index (χ0) is 10.7. The smallest absolute Gasteiger partial charge is 0.192 e. The van der Waals surface area contributed by atoms with Crippen molar-refractivity contribution in [2.75, 3.05) is 0 Å². The Morgan fingerprint density at radius 1 is 1.27 bits per heavy atom. The van der Waals surface area contributed by atoms with Crippen molar-refractivity contribution in [3.8, 4) is 17.9 Å². The summed E-state index contributed by atoms with van der Waals surface area (Å²) in [4.78, 5) is 11.4. The molecular formula is C12H5NO2. The molecule has 0 aliphatic heterocycles. The largest absolute Gasteiger partial charge is 0.464 e. The molecule has 3 nitrogen and oxygen atoms in total. The Balaban J connectivity index is 2.71. The first kappa shape index (κ1) is 9.05. The second-order valence-corrected chi connectivity index (χ2v) is 2.86. The Hall–Kier alpha value is -2.52. The summed E-state index contributed by atoms with van der Waals surface area (Å²) in [5.74, 6) is 4.89. The van der Waals surface area contributed by atoms with Crippen LogP contribution >= 0.6 is 0 Å². The summed E-state index contributed by atoms with van der Waals surface area (Å²) in [5, 5.41) is 8.77. The first-order chi connectivity index (χ1) is 7.31. The minimum absolute atomic E-state index is 0.114. The summed E-state index contributed by atoms with van der Waals surface area (Å²) in [6.07, 6.45) is 1.35. The van der Waals surface area contributed by atoms with Crippen LogP contribution < -0.4 is 5.43 Å². The van der Waals surface area contributed by atoms with Gasteiger partial charge in [-0.25, -0.2) is 0 Å². The quantitative estimate of drug-likeness (QED) is 0.601. The van der Waals surface area contributed by atoms with Crippen LogP contribution in [0.1, 0.15) is 5.56 Å². The summed E-state index contributed by atoms with van der Waals surface area (Å²) in [6.45, 7) is 0. The van der Waals surface area contributed by atoms with Gasteiger partial charge in [-0.1, -0.05) is 5.92 Å². The van der Waals surface area contributed by atoms with Gasteiger partial charge >= 0.3 is 0 Å². The van der Waals surface area contributed by atoms with Crippen LogP contribution in [-0.2, 0) is 0 Å². The Morgan fingerprint density at radius 3 is 2.93 bits per heavy atom. The van der Waals surface area contributed by atoms with Crippen LogP contribution in [0.3, 0.4) is 0 Å². The third kappa shape index (κ3) is 1.72. The summed E-state index contributed by atoms with van der Waals surface area (Å²) >= 11 is 0. The maximum absolute atomic E-state index is 11.4. The molecule has 0 unspecified atom stereocenters. The van der Waals surface area contributed by atoms with Crippen LogP contribution in [0, 0.1) is 23.2 Å². The van der Waals surface area contributed by atoms with E-state index in [9.17, 15) is 4.79 Å². The van der Waals surface area contributed by atoms with E-state index >= 15 is 0 Å². The van der Waals surface area contributed by atoms with E-state index < -0.39 is 0 Å². The normalized spacial score (nSPS) is 9.00. The van der Waals surface area contributed by atoms with Crippen molar-refractivity contribution in [3.05, 3.63) is 46.3 Å². The highest BCUT2D eigenvalue weighted by Crippen LogP contribution is 2.11. The van der Waals surface area contributed by atoms with Gasteiger partial charge in [-0.05, 0) is 18.2 Å². The third-order valence-corrected chi connectivity index (χ3v) is 1.92. The lowest BCUT2D eigenvalue weighted by molar-refractivity contribution is 0.602. The number of benzene rings is 1. The van der Waals surface area contributed by atoms with Gasteiger partial charge in [-0.3, -0.25) is 4.79 Å². The lowest BCUT2D eigenvalue weighted by atomic mass is 10.1. The van der Waals surface area contributed by atoms with E-state index in [0.717, 1.165) is 0 Å². The van der Waals surface area contributed by atoms with Gasteiger partial charge in [0.05, 0.1) is 11.6 Å². The summed E-state index contributed by atoms with van der Waals surface area (Å²) in [6, 6.07) is 8.05. The molecule has 2 rings (SSSR count). The molecule has 0 atom stereocenters. The van der Waals surface area contributed by atoms with Crippen molar-refractivity contribution in [1.29, 1.82) is 5.26 Å². The molecule has 0 amide bonds. The average Bonchev–Trinajstić information content (AvgIpc) is 2.27. The van der Waals surface area contributed by atoms with Gasteiger partial charge in [-0.15, -0.1) is 0 Å². The lowest BCUT2D eigenvalue weighted by Gasteiger charge is -1.95. The van der Waals surface area contributed by atoms with Crippen LogP contribution in [0.25, 0.3) is 11.0 Å². The van der Waals surface area contributed by atoms with Crippen LogP contribution in [-0.4, -0.2) is 0 Å². The van der Waals surface area contributed by atoms with Gasteiger partial charge in [0.25, 0.3) is 0 Å². The fourth-order valence-corrected chi connectivity index (χ4v) is 1.26. The van der Waals surface area contributed by atoms with Crippen LogP contribution in [0.15, 0.2) is 39.7 Å². The van der Waals surface area contributed by atoms with Crippen molar-refractivity contribution in [1.82, 2.24) is 0 Å². The molecular weight excluding hydrogens is 190 g/mol. The fourth-order valence-electron chi connectivity index (χ4n) is 1.26. The molecule has 15 heavy (non-hydrogen) atoms. The SMILES string of the molecule is N#CC#Cc1ccc2occc(=O)c2c1. The topological polar surface area (TPSA) is 54.0 Å². The number of hydrogen-bond donors (Lipinski definition) is 0. The highest BCUT2D eigenvalue weighted by Gasteiger charge is 1.99. The molecule has 70 valence electrons. The molecule has 0 saturated heterocycles. The summed E-state index contributed by atoms with van der Waals surface area (Å²) in [7, 11) is 0. The van der Waals surface area contributed by atoms with Gasteiger partial charge in [-0.2, -0.15) is 5.26 Å². The number of nitrogens with zero attached hydrogens (tertiary/aromatic N) is 1. The van der Waals surface area contributed by atoms with E-state index in [1.807, 2.05) is 0 Å². The number of nitriles is 1. The Morgan fingerprint density at radius 2 is 2.13 bits per heavy atom. The van der Waals surface area contributed by atoms with Crippen molar-refractivity contribution < 1.29 is 4.42 Å². The molecule has 2 aromatic rings. The predicted octanol–water partition coefficient (Wildman–Crippen LogP) is 1.67. The Bertz CT molecular complexity index is 666. The van der Waals surface area contributed by atoms with E-state index in [-0.39, 0.29) is 5.43 Å². The molecule has 1 aromatic heterocycles. The monoisotopic (exact) mass is 195 g/mol. The summed E-state index contributed by atoms with van der Waals surface area (Å²) < 4.78 is 5.14. The van der Waals surface area contributed by atoms with Crippen LogP contribution in [0.2, 0.25) is 0 Å². The maximum atomic E-state index is 11.4. The highest BCUT2D eigenvalue weighted by molar-refractivity contribution is 5.77. The van der Waals surface area contributed by atoms with Gasteiger partial charge < -0.3 is 4.42 Å². The average molecular weight is 195 g/mol. The molecule has 1 heterocycles. The molecule has 0 aliphatic rings. The predicted molar refractivity (Wildman–Crippen MR) is 55.0 cm³/mol. The van der Waals surface area contributed by atoms with Crippen molar-refractivity contribution in [2.24, 2.45) is 0 Å². The van der Waals surface area contributed by atoms with E-state index in [1.54, 1.807) is 24.3 Å². The Labute approximate surface area is 85.6 Å². The van der Waals surface area contributed by atoms with Gasteiger partial charge in [0.1, 0.15) is 5.58 Å². The van der Waals surface area contributed by atoms with Crippen LogP contribution in [0.5, 0.6) is 0 Å². The molecule has 0 fully saturated rings. The molecule has 0 saturated carbocycles. The number of rotatable bonds is 0. The van der Waals surface area contributed by atoms with E-state index in [4.69, 9.17) is 9.68 Å². The second-order valence-electron chi connectivity index (χ2n) is 2.86.